The second-order valence-electron chi connectivity index (χ2n) is 7.87. The maximum absolute atomic E-state index is 13.9. The predicted octanol–water partition coefficient (Wildman–Crippen LogP) is 4.93. The Morgan fingerprint density at radius 2 is 1.82 bits per heavy atom. The van der Waals surface area contributed by atoms with Gasteiger partial charge in [-0.2, -0.15) is 0 Å². The molecule has 0 aliphatic heterocycles. The van der Waals surface area contributed by atoms with E-state index < -0.39 is 11.9 Å². The Morgan fingerprint density at radius 3 is 2.61 bits per heavy atom. The molecule has 3 N–H and O–H groups in total. The molecule has 33 heavy (non-hydrogen) atoms. The van der Waals surface area contributed by atoms with Crippen LogP contribution >= 0.6 is 11.6 Å². The summed E-state index contributed by atoms with van der Waals surface area (Å²) < 4.78 is 13.9. The second-order valence-corrected chi connectivity index (χ2v) is 8.28. The third-order valence-electron chi connectivity index (χ3n) is 5.54. The van der Waals surface area contributed by atoms with Gasteiger partial charge in [-0.15, -0.1) is 0 Å². The Balaban J connectivity index is 1.55. The zero-order chi connectivity index (χ0) is 23.4. The average molecular weight is 464 g/mol. The van der Waals surface area contributed by atoms with Crippen LogP contribution in [0.3, 0.4) is 0 Å². The van der Waals surface area contributed by atoms with Crippen LogP contribution in [0.4, 0.5) is 4.39 Å². The lowest BCUT2D eigenvalue weighted by molar-refractivity contribution is -0.123. The molecule has 1 heterocycles. The number of H-pyrrole nitrogens is 1. The lowest BCUT2D eigenvalue weighted by atomic mass is 10.0. The third kappa shape index (κ3) is 5.23. The largest absolute Gasteiger partial charge is 0.361 e. The molecule has 1 atom stereocenters. The first kappa shape index (κ1) is 22.6. The van der Waals surface area contributed by atoms with Crippen molar-refractivity contribution in [2.75, 3.05) is 0 Å². The van der Waals surface area contributed by atoms with E-state index in [1.165, 1.54) is 6.07 Å². The van der Waals surface area contributed by atoms with Gasteiger partial charge < -0.3 is 15.6 Å². The Hall–Kier alpha value is -3.64. The van der Waals surface area contributed by atoms with Gasteiger partial charge in [-0.05, 0) is 47.9 Å². The number of aromatic nitrogens is 1. The first-order valence-electron chi connectivity index (χ1n) is 10.6. The van der Waals surface area contributed by atoms with Crippen molar-refractivity contribution in [3.8, 4) is 0 Å². The van der Waals surface area contributed by atoms with Gasteiger partial charge in [0.25, 0.3) is 5.91 Å². The third-order valence-corrected chi connectivity index (χ3v) is 5.87. The normalized spacial score (nSPS) is 11.8. The van der Waals surface area contributed by atoms with E-state index in [0.717, 1.165) is 16.5 Å². The number of hydrogen-bond donors (Lipinski definition) is 3. The minimum Gasteiger partial charge on any atom is -0.361 e. The SMILES string of the molecule is Cc1ccc(CNC(=O)[C@H](Cc2c[nH]c3ccccc23)NC(=O)c2ccccc2Cl)cc1F. The number of nitrogens with one attached hydrogen (secondary N) is 3. The number of para-hydroxylation sites is 1. The van der Waals surface area contributed by atoms with Crippen molar-refractivity contribution in [1.29, 1.82) is 0 Å². The van der Waals surface area contributed by atoms with E-state index in [4.69, 9.17) is 11.6 Å². The summed E-state index contributed by atoms with van der Waals surface area (Å²) in [4.78, 5) is 29.2. The first-order valence-corrected chi connectivity index (χ1v) is 10.9. The predicted molar refractivity (Wildman–Crippen MR) is 128 cm³/mol. The minimum atomic E-state index is -0.858. The van der Waals surface area contributed by atoms with Crippen LogP contribution in [0.5, 0.6) is 0 Å². The van der Waals surface area contributed by atoms with Crippen LogP contribution in [-0.2, 0) is 17.8 Å². The van der Waals surface area contributed by atoms with Crippen LogP contribution in [0.15, 0.2) is 72.9 Å². The Kier molecular flexibility index (Phi) is 6.75. The Bertz CT molecular complexity index is 1320. The van der Waals surface area contributed by atoms with Crippen molar-refractivity contribution in [2.45, 2.75) is 25.9 Å². The number of aryl methyl sites for hydroxylation is 1. The Morgan fingerprint density at radius 1 is 1.06 bits per heavy atom. The fourth-order valence-electron chi connectivity index (χ4n) is 3.67. The number of rotatable bonds is 7. The van der Waals surface area contributed by atoms with Gasteiger partial charge in [0.2, 0.25) is 5.91 Å². The summed E-state index contributed by atoms with van der Waals surface area (Å²) in [6.45, 7) is 1.82. The van der Waals surface area contributed by atoms with E-state index in [2.05, 4.69) is 15.6 Å². The highest BCUT2D eigenvalue weighted by Gasteiger charge is 2.24. The number of halogens is 2. The van der Waals surface area contributed by atoms with E-state index in [1.807, 2.05) is 30.5 Å². The lowest BCUT2D eigenvalue weighted by Gasteiger charge is -2.19. The fraction of sp³-hybridized carbons (Fsp3) is 0.154. The molecule has 0 unspecified atom stereocenters. The highest BCUT2D eigenvalue weighted by atomic mass is 35.5. The molecule has 0 radical (unpaired) electrons. The molecular formula is C26H23ClFN3O2. The van der Waals surface area contributed by atoms with Gasteiger partial charge in [0.05, 0.1) is 10.6 Å². The molecule has 0 saturated carbocycles. The molecule has 0 fully saturated rings. The number of amides is 2. The summed E-state index contributed by atoms with van der Waals surface area (Å²) in [7, 11) is 0. The number of benzene rings is 3. The number of carbonyl (C=O) groups excluding carboxylic acids is 2. The molecule has 7 heteroatoms. The van der Waals surface area contributed by atoms with Crippen molar-refractivity contribution < 1.29 is 14.0 Å². The fourth-order valence-corrected chi connectivity index (χ4v) is 3.89. The Labute approximate surface area is 196 Å². The van der Waals surface area contributed by atoms with Gasteiger partial charge in [0.1, 0.15) is 11.9 Å². The number of carbonyl (C=O) groups is 2. The van der Waals surface area contributed by atoms with Crippen molar-refractivity contribution in [2.24, 2.45) is 0 Å². The zero-order valence-corrected chi connectivity index (χ0v) is 18.7. The highest BCUT2D eigenvalue weighted by Crippen LogP contribution is 2.20. The zero-order valence-electron chi connectivity index (χ0n) is 18.0. The highest BCUT2D eigenvalue weighted by molar-refractivity contribution is 6.33. The summed E-state index contributed by atoms with van der Waals surface area (Å²) in [5.41, 5.74) is 3.30. The number of fused-ring (bicyclic) bond motifs is 1. The monoisotopic (exact) mass is 463 g/mol. The smallest absolute Gasteiger partial charge is 0.253 e. The van der Waals surface area contributed by atoms with E-state index >= 15 is 0 Å². The number of hydrogen-bond acceptors (Lipinski definition) is 2. The van der Waals surface area contributed by atoms with E-state index in [1.54, 1.807) is 43.3 Å². The summed E-state index contributed by atoms with van der Waals surface area (Å²) in [6, 6.07) is 18.4. The molecule has 0 spiro atoms. The van der Waals surface area contributed by atoms with Crippen LogP contribution in [0.2, 0.25) is 5.02 Å². The van der Waals surface area contributed by atoms with Gasteiger partial charge >= 0.3 is 0 Å². The lowest BCUT2D eigenvalue weighted by Crippen LogP contribution is -2.47. The average Bonchev–Trinajstić information content (AvgIpc) is 3.22. The molecule has 3 aromatic carbocycles. The van der Waals surface area contributed by atoms with Crippen molar-refractivity contribution in [1.82, 2.24) is 15.6 Å². The molecule has 0 aliphatic carbocycles. The maximum atomic E-state index is 13.9. The maximum Gasteiger partial charge on any atom is 0.253 e. The van der Waals surface area contributed by atoms with Crippen LogP contribution in [-0.4, -0.2) is 22.8 Å². The summed E-state index contributed by atoms with van der Waals surface area (Å²) in [5.74, 6) is -1.15. The van der Waals surface area contributed by atoms with Crippen molar-refractivity contribution >= 4 is 34.3 Å². The quantitative estimate of drug-likeness (QED) is 0.363. The molecule has 2 amide bonds. The first-order chi connectivity index (χ1) is 15.9. The molecule has 4 aromatic rings. The van der Waals surface area contributed by atoms with Crippen LogP contribution in [0.1, 0.15) is 27.0 Å². The molecular weight excluding hydrogens is 441 g/mol. The molecule has 0 bridgehead atoms. The summed E-state index contributed by atoms with van der Waals surface area (Å²) >= 11 is 6.17. The van der Waals surface area contributed by atoms with Gasteiger partial charge in [0.15, 0.2) is 0 Å². The van der Waals surface area contributed by atoms with Gasteiger partial charge in [-0.3, -0.25) is 9.59 Å². The van der Waals surface area contributed by atoms with E-state index in [0.29, 0.717) is 16.1 Å². The molecule has 0 saturated heterocycles. The van der Waals surface area contributed by atoms with Crippen molar-refractivity contribution in [3.63, 3.8) is 0 Å². The van der Waals surface area contributed by atoms with E-state index in [-0.39, 0.29) is 30.3 Å². The molecule has 168 valence electrons. The van der Waals surface area contributed by atoms with Gasteiger partial charge in [-0.25, -0.2) is 4.39 Å². The summed E-state index contributed by atoms with van der Waals surface area (Å²) in [6.07, 6.45) is 2.11. The number of aromatic amines is 1. The van der Waals surface area contributed by atoms with Crippen LogP contribution in [0.25, 0.3) is 10.9 Å². The summed E-state index contributed by atoms with van der Waals surface area (Å²) in [5, 5.41) is 6.90. The molecule has 5 nitrogen and oxygen atoms in total. The second kappa shape index (κ2) is 9.88. The van der Waals surface area contributed by atoms with Crippen LogP contribution in [0, 0.1) is 12.7 Å². The molecule has 1 aromatic heterocycles. The standard InChI is InChI=1S/C26H23ClFN3O2/c1-16-10-11-17(12-22(16)28)14-30-26(33)24(31-25(32)20-7-2-4-8-21(20)27)13-18-15-29-23-9-5-3-6-19(18)23/h2-12,15,24,29H,13-14H2,1H3,(H,30,33)(H,31,32)/t24-/m0/s1. The molecule has 0 aliphatic rings. The van der Waals surface area contributed by atoms with Gasteiger partial charge in [0, 0.05) is 30.1 Å². The topological polar surface area (TPSA) is 74.0 Å². The van der Waals surface area contributed by atoms with Crippen molar-refractivity contribution in [3.05, 3.63) is 106 Å². The van der Waals surface area contributed by atoms with Gasteiger partial charge in [-0.1, -0.05) is 54.1 Å². The molecule has 4 rings (SSSR count). The van der Waals surface area contributed by atoms with Crippen LogP contribution < -0.4 is 10.6 Å². The minimum absolute atomic E-state index is 0.141. The van der Waals surface area contributed by atoms with E-state index in [9.17, 15) is 14.0 Å².